The van der Waals surface area contributed by atoms with E-state index in [1.165, 1.54) is 6.07 Å². The van der Waals surface area contributed by atoms with Gasteiger partial charge in [-0.25, -0.2) is 17.5 Å². The van der Waals surface area contributed by atoms with Gasteiger partial charge in [0.15, 0.2) is 0 Å². The van der Waals surface area contributed by atoms with E-state index in [1.807, 2.05) is 0 Å². The average molecular weight is 318 g/mol. The Morgan fingerprint density at radius 3 is 2.62 bits per heavy atom. The molecule has 6 nitrogen and oxygen atoms in total. The summed E-state index contributed by atoms with van der Waals surface area (Å²) in [4.78, 5) is 11.2. The fourth-order valence-electron chi connectivity index (χ4n) is 1.61. The minimum absolute atomic E-state index is 0.0403. The highest BCUT2D eigenvalue weighted by atomic mass is 32.2. The maximum atomic E-state index is 13.7. The first-order valence-corrected chi connectivity index (χ1v) is 7.97. The number of aliphatic hydroxyl groups excluding tert-OH is 1. The molecule has 1 aromatic carbocycles. The number of sulfonamides is 1. The summed E-state index contributed by atoms with van der Waals surface area (Å²) in [5, 5.41) is 11.1. The number of hydrogen-bond donors (Lipinski definition) is 3. The highest BCUT2D eigenvalue weighted by Gasteiger charge is 2.21. The maximum absolute atomic E-state index is 13.7. The molecule has 0 heterocycles. The van der Waals surface area contributed by atoms with Crippen LogP contribution in [0.15, 0.2) is 23.1 Å². The fraction of sp³-hybridized carbons (Fsp3) is 0.462. The molecule has 0 aliphatic carbocycles. The molecule has 0 aliphatic heterocycles. The van der Waals surface area contributed by atoms with Crippen molar-refractivity contribution in [2.24, 2.45) is 0 Å². The molecular weight excluding hydrogens is 299 g/mol. The lowest BCUT2D eigenvalue weighted by Crippen LogP contribution is -2.31. The van der Waals surface area contributed by atoms with Crippen LogP contribution in [0.1, 0.15) is 30.6 Å². The Morgan fingerprint density at radius 2 is 2.05 bits per heavy atom. The third-order valence-corrected chi connectivity index (χ3v) is 4.17. The standard InChI is InChI=1S/C13H19FN2O4S/c1-9(2)16-21(19,20)12-8-10(4-5-11(12)14)13(18)15-6-3-7-17/h4-5,8-9,16-17H,3,6-7H2,1-2H3,(H,15,18). The normalized spacial score (nSPS) is 11.7. The van der Waals surface area contributed by atoms with Gasteiger partial charge in [-0.2, -0.15) is 0 Å². The van der Waals surface area contributed by atoms with E-state index in [-0.39, 0.29) is 18.7 Å². The third-order valence-electron chi connectivity index (χ3n) is 2.49. The average Bonchev–Trinajstić information content (AvgIpc) is 2.37. The zero-order chi connectivity index (χ0) is 16.0. The number of carbonyl (C=O) groups excluding carboxylic acids is 1. The molecule has 21 heavy (non-hydrogen) atoms. The van der Waals surface area contributed by atoms with Crippen LogP contribution in [0.5, 0.6) is 0 Å². The van der Waals surface area contributed by atoms with E-state index < -0.39 is 32.7 Å². The molecule has 1 rings (SSSR count). The van der Waals surface area contributed by atoms with Gasteiger partial charge in [-0.15, -0.1) is 0 Å². The molecule has 3 N–H and O–H groups in total. The monoisotopic (exact) mass is 318 g/mol. The number of aliphatic hydroxyl groups is 1. The van der Waals surface area contributed by atoms with Crippen LogP contribution in [0.3, 0.4) is 0 Å². The summed E-state index contributed by atoms with van der Waals surface area (Å²) >= 11 is 0. The van der Waals surface area contributed by atoms with Crippen LogP contribution in [0.2, 0.25) is 0 Å². The van der Waals surface area contributed by atoms with Gasteiger partial charge >= 0.3 is 0 Å². The predicted octanol–water partition coefficient (Wildman–Crippen LogP) is 0.625. The number of amides is 1. The number of halogens is 1. The quantitative estimate of drug-likeness (QED) is 0.642. The van der Waals surface area contributed by atoms with Gasteiger partial charge in [0.25, 0.3) is 5.91 Å². The summed E-state index contributed by atoms with van der Waals surface area (Å²) in [6.45, 7) is 3.41. The lowest BCUT2D eigenvalue weighted by molar-refractivity contribution is 0.0951. The molecule has 0 spiro atoms. The van der Waals surface area contributed by atoms with Crippen molar-refractivity contribution in [3.63, 3.8) is 0 Å². The van der Waals surface area contributed by atoms with Crippen molar-refractivity contribution in [3.05, 3.63) is 29.6 Å². The van der Waals surface area contributed by atoms with Crippen molar-refractivity contribution < 1.29 is 22.7 Å². The molecule has 0 bridgehead atoms. The van der Waals surface area contributed by atoms with E-state index in [9.17, 15) is 17.6 Å². The molecule has 0 saturated carbocycles. The summed E-state index contributed by atoms with van der Waals surface area (Å²) in [5.74, 6) is -1.44. The summed E-state index contributed by atoms with van der Waals surface area (Å²) in [6, 6.07) is 2.75. The van der Waals surface area contributed by atoms with Crippen LogP contribution in [0.4, 0.5) is 4.39 Å². The summed E-state index contributed by atoms with van der Waals surface area (Å²) in [5.41, 5.74) is 0.0403. The Bertz CT molecular complexity index is 602. The van der Waals surface area contributed by atoms with Crippen LogP contribution in [0.25, 0.3) is 0 Å². The third kappa shape index (κ3) is 5.07. The van der Waals surface area contributed by atoms with Gasteiger partial charge in [-0.05, 0) is 38.5 Å². The molecule has 0 fully saturated rings. The van der Waals surface area contributed by atoms with Crippen molar-refractivity contribution >= 4 is 15.9 Å². The number of carbonyl (C=O) groups is 1. The topological polar surface area (TPSA) is 95.5 Å². The van der Waals surface area contributed by atoms with Gasteiger partial charge in [-0.1, -0.05) is 0 Å². The van der Waals surface area contributed by atoms with Crippen LogP contribution in [0, 0.1) is 5.82 Å². The Hall–Kier alpha value is -1.51. The number of hydrogen-bond acceptors (Lipinski definition) is 4. The van der Waals surface area contributed by atoms with E-state index in [4.69, 9.17) is 5.11 Å². The first-order chi connectivity index (χ1) is 9.77. The van der Waals surface area contributed by atoms with Gasteiger partial charge in [-0.3, -0.25) is 4.79 Å². The number of nitrogens with one attached hydrogen (secondary N) is 2. The Labute approximate surface area is 123 Å². The van der Waals surface area contributed by atoms with Crippen LogP contribution in [-0.4, -0.2) is 38.6 Å². The first kappa shape index (κ1) is 17.5. The van der Waals surface area contributed by atoms with E-state index in [0.717, 1.165) is 12.1 Å². The second-order valence-electron chi connectivity index (χ2n) is 4.75. The highest BCUT2D eigenvalue weighted by Crippen LogP contribution is 2.17. The van der Waals surface area contributed by atoms with Crippen LogP contribution < -0.4 is 10.0 Å². The van der Waals surface area contributed by atoms with E-state index in [0.29, 0.717) is 6.42 Å². The van der Waals surface area contributed by atoms with Gasteiger partial charge in [0.05, 0.1) is 0 Å². The predicted molar refractivity (Wildman–Crippen MR) is 75.9 cm³/mol. The smallest absolute Gasteiger partial charge is 0.251 e. The molecule has 0 unspecified atom stereocenters. The van der Waals surface area contributed by atoms with Crippen LogP contribution >= 0.6 is 0 Å². The van der Waals surface area contributed by atoms with E-state index in [2.05, 4.69) is 10.0 Å². The Kier molecular flexibility index (Phi) is 6.25. The molecule has 8 heteroatoms. The minimum atomic E-state index is -4.02. The largest absolute Gasteiger partial charge is 0.396 e. The SMILES string of the molecule is CC(C)NS(=O)(=O)c1cc(C(=O)NCCCO)ccc1F. The number of rotatable bonds is 7. The molecule has 1 aromatic rings. The van der Waals surface area contributed by atoms with Crippen LogP contribution in [-0.2, 0) is 10.0 Å². The number of benzene rings is 1. The van der Waals surface area contributed by atoms with Gasteiger partial charge in [0, 0.05) is 24.8 Å². The Morgan fingerprint density at radius 1 is 1.38 bits per heavy atom. The first-order valence-electron chi connectivity index (χ1n) is 6.49. The summed E-state index contributed by atoms with van der Waals surface area (Å²) < 4.78 is 39.9. The zero-order valence-corrected chi connectivity index (χ0v) is 12.7. The zero-order valence-electron chi connectivity index (χ0n) is 11.9. The van der Waals surface area contributed by atoms with Crippen molar-refractivity contribution in [1.29, 1.82) is 0 Å². The van der Waals surface area contributed by atoms with Crippen molar-refractivity contribution in [1.82, 2.24) is 10.0 Å². The van der Waals surface area contributed by atoms with Gasteiger partial charge in [0.2, 0.25) is 10.0 Å². The van der Waals surface area contributed by atoms with Crippen molar-refractivity contribution in [2.45, 2.75) is 31.2 Å². The molecule has 118 valence electrons. The minimum Gasteiger partial charge on any atom is -0.396 e. The summed E-state index contributed by atoms with van der Waals surface area (Å²) in [7, 11) is -4.02. The lowest BCUT2D eigenvalue weighted by Gasteiger charge is -2.11. The fourth-order valence-corrected chi connectivity index (χ4v) is 2.96. The van der Waals surface area contributed by atoms with E-state index >= 15 is 0 Å². The molecule has 0 atom stereocenters. The molecule has 1 amide bonds. The molecule has 0 aromatic heterocycles. The van der Waals surface area contributed by atoms with Gasteiger partial charge in [0.1, 0.15) is 10.7 Å². The maximum Gasteiger partial charge on any atom is 0.251 e. The van der Waals surface area contributed by atoms with E-state index in [1.54, 1.807) is 13.8 Å². The molecule has 0 aliphatic rings. The molecular formula is C13H19FN2O4S. The Balaban J connectivity index is 3.02. The second-order valence-corrected chi connectivity index (χ2v) is 6.44. The highest BCUT2D eigenvalue weighted by molar-refractivity contribution is 7.89. The van der Waals surface area contributed by atoms with Crippen molar-refractivity contribution in [2.75, 3.05) is 13.2 Å². The van der Waals surface area contributed by atoms with Gasteiger partial charge < -0.3 is 10.4 Å². The molecule has 0 saturated heterocycles. The second kappa shape index (κ2) is 7.48. The summed E-state index contributed by atoms with van der Waals surface area (Å²) in [6.07, 6.45) is 0.382. The molecule has 0 radical (unpaired) electrons. The van der Waals surface area contributed by atoms with Crippen molar-refractivity contribution in [3.8, 4) is 0 Å². The lowest BCUT2D eigenvalue weighted by atomic mass is 10.2.